The maximum absolute atomic E-state index is 5.73. The molecule has 0 aliphatic heterocycles. The van der Waals surface area contributed by atoms with E-state index in [2.05, 4.69) is 18.3 Å². The smallest absolute Gasteiger partial charge is 0.161 e. The first-order valence-corrected chi connectivity index (χ1v) is 7.20. The van der Waals surface area contributed by atoms with Crippen LogP contribution in [0.3, 0.4) is 0 Å². The van der Waals surface area contributed by atoms with Gasteiger partial charge in [0.15, 0.2) is 11.5 Å². The van der Waals surface area contributed by atoms with E-state index in [1.54, 1.807) is 13.4 Å². The normalized spacial score (nSPS) is 12.4. The second-order valence-electron chi connectivity index (χ2n) is 5.26. The van der Waals surface area contributed by atoms with Crippen LogP contribution < -0.4 is 14.8 Å². The molecule has 114 valence electrons. The van der Waals surface area contributed by atoms with Gasteiger partial charge in [0.2, 0.25) is 0 Å². The topological polar surface area (TPSA) is 43.6 Å². The van der Waals surface area contributed by atoms with Crippen molar-refractivity contribution in [2.45, 2.75) is 39.5 Å². The quantitative estimate of drug-likeness (QED) is 0.839. The third-order valence-electron chi connectivity index (χ3n) is 3.21. The Kier molecular flexibility index (Phi) is 5.28. The molecule has 1 aromatic heterocycles. The highest BCUT2D eigenvalue weighted by molar-refractivity contribution is 5.43. The number of furan rings is 1. The molecule has 1 aromatic carbocycles. The SMILES string of the molecule is COc1cc(C(C)NCc2ccco2)ccc1OC(C)C. The molecule has 4 nitrogen and oxygen atoms in total. The fourth-order valence-electron chi connectivity index (χ4n) is 2.09. The van der Waals surface area contributed by atoms with Crippen LogP contribution in [0.2, 0.25) is 0 Å². The molecule has 0 amide bonds. The molecule has 0 aliphatic carbocycles. The van der Waals surface area contributed by atoms with Gasteiger partial charge < -0.3 is 19.2 Å². The molecule has 1 N–H and O–H groups in total. The van der Waals surface area contributed by atoms with Gasteiger partial charge in [-0.1, -0.05) is 6.07 Å². The number of nitrogens with one attached hydrogen (secondary N) is 1. The minimum atomic E-state index is 0.124. The molecule has 0 aliphatic rings. The van der Waals surface area contributed by atoms with Gasteiger partial charge in [0.25, 0.3) is 0 Å². The summed E-state index contributed by atoms with van der Waals surface area (Å²) in [5, 5.41) is 3.42. The average Bonchev–Trinajstić information content (AvgIpc) is 2.98. The van der Waals surface area contributed by atoms with Crippen molar-refractivity contribution in [3.05, 3.63) is 47.9 Å². The van der Waals surface area contributed by atoms with Crippen LogP contribution in [0.5, 0.6) is 11.5 Å². The van der Waals surface area contributed by atoms with Crippen molar-refractivity contribution in [3.63, 3.8) is 0 Å². The van der Waals surface area contributed by atoms with Crippen molar-refractivity contribution in [1.82, 2.24) is 5.32 Å². The van der Waals surface area contributed by atoms with Gasteiger partial charge in [0.1, 0.15) is 5.76 Å². The van der Waals surface area contributed by atoms with E-state index < -0.39 is 0 Å². The first-order chi connectivity index (χ1) is 10.1. The summed E-state index contributed by atoms with van der Waals surface area (Å²) < 4.78 is 16.5. The van der Waals surface area contributed by atoms with E-state index >= 15 is 0 Å². The maximum Gasteiger partial charge on any atom is 0.161 e. The molecule has 1 atom stereocenters. The Labute approximate surface area is 126 Å². The standard InChI is InChI=1S/C17H23NO3/c1-12(2)21-16-8-7-14(10-17(16)19-4)13(3)18-11-15-6-5-9-20-15/h5-10,12-13,18H,11H2,1-4H3. The second-order valence-corrected chi connectivity index (χ2v) is 5.26. The summed E-state index contributed by atoms with van der Waals surface area (Å²) in [6.45, 7) is 6.81. The summed E-state index contributed by atoms with van der Waals surface area (Å²) in [5.74, 6) is 2.45. The number of hydrogen-bond donors (Lipinski definition) is 1. The number of rotatable bonds is 7. The van der Waals surface area contributed by atoms with E-state index in [1.807, 2.05) is 38.1 Å². The van der Waals surface area contributed by atoms with E-state index in [0.717, 1.165) is 22.8 Å². The summed E-state index contributed by atoms with van der Waals surface area (Å²) in [5.41, 5.74) is 1.15. The molecule has 21 heavy (non-hydrogen) atoms. The third-order valence-corrected chi connectivity index (χ3v) is 3.21. The van der Waals surface area contributed by atoms with Crippen LogP contribution >= 0.6 is 0 Å². The molecule has 2 aromatic rings. The van der Waals surface area contributed by atoms with Gasteiger partial charge in [-0.05, 0) is 50.6 Å². The van der Waals surface area contributed by atoms with Gasteiger partial charge >= 0.3 is 0 Å². The van der Waals surface area contributed by atoms with E-state index in [0.29, 0.717) is 6.54 Å². The highest BCUT2D eigenvalue weighted by Gasteiger charge is 2.11. The molecule has 2 rings (SSSR count). The van der Waals surface area contributed by atoms with Crippen LogP contribution in [-0.2, 0) is 6.54 Å². The molecule has 0 saturated heterocycles. The lowest BCUT2D eigenvalue weighted by Gasteiger charge is -2.18. The molecule has 0 spiro atoms. The molecule has 0 saturated carbocycles. The van der Waals surface area contributed by atoms with Crippen LogP contribution in [0, 0.1) is 0 Å². The van der Waals surface area contributed by atoms with Crippen molar-refractivity contribution in [2.24, 2.45) is 0 Å². The zero-order valence-corrected chi connectivity index (χ0v) is 13.1. The number of ether oxygens (including phenoxy) is 2. The zero-order valence-electron chi connectivity index (χ0n) is 13.1. The molecule has 0 radical (unpaired) electrons. The van der Waals surface area contributed by atoms with Crippen LogP contribution in [0.15, 0.2) is 41.0 Å². The third kappa shape index (κ3) is 4.26. The van der Waals surface area contributed by atoms with Crippen LogP contribution in [-0.4, -0.2) is 13.2 Å². The van der Waals surface area contributed by atoms with Gasteiger partial charge in [-0.3, -0.25) is 0 Å². The van der Waals surface area contributed by atoms with Crippen molar-refractivity contribution in [1.29, 1.82) is 0 Å². The molecular formula is C17H23NO3. The summed E-state index contributed by atoms with van der Waals surface area (Å²) in [4.78, 5) is 0. The summed E-state index contributed by atoms with van der Waals surface area (Å²) in [6.07, 6.45) is 1.81. The Morgan fingerprint density at radius 1 is 1.14 bits per heavy atom. The van der Waals surface area contributed by atoms with Gasteiger partial charge in [-0.25, -0.2) is 0 Å². The van der Waals surface area contributed by atoms with Gasteiger partial charge in [-0.2, -0.15) is 0 Å². The molecule has 0 bridgehead atoms. The van der Waals surface area contributed by atoms with Crippen LogP contribution in [0.25, 0.3) is 0 Å². The first-order valence-electron chi connectivity index (χ1n) is 7.20. The van der Waals surface area contributed by atoms with Crippen LogP contribution in [0.1, 0.15) is 38.1 Å². The fourth-order valence-corrected chi connectivity index (χ4v) is 2.09. The zero-order chi connectivity index (χ0) is 15.2. The largest absolute Gasteiger partial charge is 0.493 e. The summed E-state index contributed by atoms with van der Waals surface area (Å²) in [7, 11) is 1.66. The maximum atomic E-state index is 5.73. The Morgan fingerprint density at radius 3 is 2.57 bits per heavy atom. The Balaban J connectivity index is 2.05. The Morgan fingerprint density at radius 2 is 1.95 bits per heavy atom. The summed E-state index contributed by atoms with van der Waals surface area (Å²) in [6, 6.07) is 10.1. The average molecular weight is 289 g/mol. The molecular weight excluding hydrogens is 266 g/mol. The number of benzene rings is 1. The fraction of sp³-hybridized carbons (Fsp3) is 0.412. The van der Waals surface area contributed by atoms with E-state index in [9.17, 15) is 0 Å². The minimum Gasteiger partial charge on any atom is -0.493 e. The van der Waals surface area contributed by atoms with E-state index in [-0.39, 0.29) is 12.1 Å². The predicted octanol–water partition coefficient (Wildman–Crippen LogP) is 3.93. The molecule has 0 fully saturated rings. The lowest BCUT2D eigenvalue weighted by molar-refractivity contribution is 0.230. The Bertz CT molecular complexity index is 549. The van der Waals surface area contributed by atoms with Crippen LogP contribution in [0.4, 0.5) is 0 Å². The second kappa shape index (κ2) is 7.18. The van der Waals surface area contributed by atoms with E-state index in [4.69, 9.17) is 13.9 Å². The van der Waals surface area contributed by atoms with Crippen molar-refractivity contribution < 1.29 is 13.9 Å². The van der Waals surface area contributed by atoms with Crippen molar-refractivity contribution in [3.8, 4) is 11.5 Å². The molecule has 1 heterocycles. The lowest BCUT2D eigenvalue weighted by Crippen LogP contribution is -2.18. The molecule has 1 unspecified atom stereocenters. The molecule has 4 heteroatoms. The monoisotopic (exact) mass is 289 g/mol. The van der Waals surface area contributed by atoms with Gasteiger partial charge in [-0.15, -0.1) is 0 Å². The van der Waals surface area contributed by atoms with Crippen molar-refractivity contribution >= 4 is 0 Å². The van der Waals surface area contributed by atoms with Gasteiger partial charge in [0, 0.05) is 6.04 Å². The minimum absolute atomic E-state index is 0.124. The predicted molar refractivity (Wildman–Crippen MR) is 82.7 cm³/mol. The van der Waals surface area contributed by atoms with E-state index in [1.165, 1.54) is 0 Å². The highest BCUT2D eigenvalue weighted by atomic mass is 16.5. The van der Waals surface area contributed by atoms with Gasteiger partial charge in [0.05, 0.1) is 26.0 Å². The van der Waals surface area contributed by atoms with Crippen molar-refractivity contribution in [2.75, 3.05) is 7.11 Å². The summed E-state index contributed by atoms with van der Waals surface area (Å²) >= 11 is 0. The lowest BCUT2D eigenvalue weighted by atomic mass is 10.1. The first kappa shape index (κ1) is 15.4. The number of hydrogen-bond acceptors (Lipinski definition) is 4. The Hall–Kier alpha value is -1.94. The number of methoxy groups -OCH3 is 1. The highest BCUT2D eigenvalue weighted by Crippen LogP contribution is 2.31.